The van der Waals surface area contributed by atoms with Crippen molar-refractivity contribution in [3.63, 3.8) is 0 Å². The molecule has 2 rings (SSSR count). The quantitative estimate of drug-likeness (QED) is 0.862. The Kier molecular flexibility index (Phi) is 4.48. The predicted octanol–water partition coefficient (Wildman–Crippen LogP) is 1.17. The lowest BCUT2D eigenvalue weighted by molar-refractivity contribution is 0.377. The second-order valence-corrected chi connectivity index (χ2v) is 4.66. The molecule has 1 aliphatic heterocycles. The van der Waals surface area contributed by atoms with Gasteiger partial charge >= 0.3 is 0 Å². The molecular formula is C13H19N5. The van der Waals surface area contributed by atoms with Crippen molar-refractivity contribution in [1.29, 1.82) is 5.26 Å². The molecule has 2 heterocycles. The second kappa shape index (κ2) is 6.31. The molecule has 1 aromatic heterocycles. The van der Waals surface area contributed by atoms with Crippen LogP contribution in [0.4, 0.5) is 5.82 Å². The lowest BCUT2D eigenvalue weighted by Crippen LogP contribution is -2.35. The van der Waals surface area contributed by atoms with Gasteiger partial charge in [-0.2, -0.15) is 5.26 Å². The zero-order valence-corrected chi connectivity index (χ0v) is 10.8. The Balaban J connectivity index is 1.95. The molecule has 0 aliphatic carbocycles. The molecule has 0 saturated carbocycles. The molecular weight excluding hydrogens is 226 g/mol. The minimum atomic E-state index is 0.436. The number of nitriles is 1. The maximum Gasteiger partial charge on any atom is 0.183 e. The van der Waals surface area contributed by atoms with Crippen molar-refractivity contribution >= 4 is 5.82 Å². The molecule has 0 spiro atoms. The van der Waals surface area contributed by atoms with Crippen LogP contribution >= 0.6 is 0 Å². The Morgan fingerprint density at radius 2 is 2.11 bits per heavy atom. The summed E-state index contributed by atoms with van der Waals surface area (Å²) in [6.07, 6.45) is 6.80. The smallest absolute Gasteiger partial charge is 0.183 e. The van der Waals surface area contributed by atoms with Gasteiger partial charge in [0.05, 0.1) is 0 Å². The van der Waals surface area contributed by atoms with Crippen LogP contribution in [0.5, 0.6) is 0 Å². The molecule has 0 amide bonds. The largest absolute Gasteiger partial charge is 0.354 e. The van der Waals surface area contributed by atoms with E-state index in [9.17, 15) is 0 Å². The summed E-state index contributed by atoms with van der Waals surface area (Å²) in [5.74, 6) is 1.53. The van der Waals surface area contributed by atoms with Crippen molar-refractivity contribution in [2.75, 3.05) is 31.6 Å². The molecule has 1 saturated heterocycles. The van der Waals surface area contributed by atoms with Crippen molar-refractivity contribution in [3.8, 4) is 6.07 Å². The van der Waals surface area contributed by atoms with Gasteiger partial charge in [-0.05, 0) is 38.8 Å². The minimum Gasteiger partial charge on any atom is -0.354 e. The highest BCUT2D eigenvalue weighted by Gasteiger charge is 2.21. The number of aromatic nitrogens is 2. The molecule has 1 aliphatic rings. The van der Waals surface area contributed by atoms with Crippen molar-refractivity contribution in [1.82, 2.24) is 15.3 Å². The molecule has 5 nitrogen and oxygen atoms in total. The summed E-state index contributed by atoms with van der Waals surface area (Å²) >= 11 is 0. The standard InChI is InChI=1S/C13H19N5/c1-15-5-2-11-3-8-18(9-4-11)13-12(10-14)16-6-7-17-13/h6-7,11,15H,2-5,8-9H2,1H3. The highest BCUT2D eigenvalue weighted by atomic mass is 15.2. The van der Waals surface area contributed by atoms with E-state index in [-0.39, 0.29) is 0 Å². The number of nitrogens with one attached hydrogen (secondary N) is 1. The van der Waals surface area contributed by atoms with Crippen molar-refractivity contribution in [3.05, 3.63) is 18.1 Å². The Hall–Kier alpha value is -1.67. The van der Waals surface area contributed by atoms with Gasteiger partial charge in [-0.1, -0.05) is 0 Å². The second-order valence-electron chi connectivity index (χ2n) is 4.66. The average Bonchev–Trinajstić information content (AvgIpc) is 2.45. The van der Waals surface area contributed by atoms with Gasteiger partial charge in [-0.3, -0.25) is 0 Å². The predicted molar refractivity (Wildman–Crippen MR) is 70.2 cm³/mol. The summed E-state index contributed by atoms with van der Waals surface area (Å²) in [5.41, 5.74) is 0.436. The lowest BCUT2D eigenvalue weighted by atomic mass is 9.93. The van der Waals surface area contributed by atoms with Gasteiger partial charge in [0, 0.05) is 25.5 Å². The van der Waals surface area contributed by atoms with Crippen LogP contribution in [0.2, 0.25) is 0 Å². The number of hydrogen-bond donors (Lipinski definition) is 1. The molecule has 1 N–H and O–H groups in total. The molecule has 0 radical (unpaired) electrons. The first-order valence-corrected chi connectivity index (χ1v) is 6.45. The molecule has 1 aromatic rings. The number of nitrogens with zero attached hydrogens (tertiary/aromatic N) is 4. The van der Waals surface area contributed by atoms with E-state index >= 15 is 0 Å². The first-order chi connectivity index (χ1) is 8.85. The molecule has 0 bridgehead atoms. The highest BCUT2D eigenvalue weighted by Crippen LogP contribution is 2.24. The normalized spacial score (nSPS) is 16.6. The van der Waals surface area contributed by atoms with Gasteiger partial charge in [0.15, 0.2) is 11.5 Å². The summed E-state index contributed by atoms with van der Waals surface area (Å²) in [6, 6.07) is 2.11. The van der Waals surface area contributed by atoms with Crippen LogP contribution in [0.3, 0.4) is 0 Å². The van der Waals surface area contributed by atoms with Crippen LogP contribution in [0.1, 0.15) is 25.0 Å². The van der Waals surface area contributed by atoms with Gasteiger partial charge < -0.3 is 10.2 Å². The molecule has 96 valence electrons. The molecule has 1 fully saturated rings. The maximum atomic E-state index is 9.03. The number of hydrogen-bond acceptors (Lipinski definition) is 5. The van der Waals surface area contributed by atoms with Gasteiger partial charge in [0.2, 0.25) is 0 Å². The lowest BCUT2D eigenvalue weighted by Gasteiger charge is -2.32. The van der Waals surface area contributed by atoms with E-state index in [1.807, 2.05) is 7.05 Å². The molecule has 5 heteroatoms. The number of anilines is 1. The summed E-state index contributed by atoms with van der Waals surface area (Å²) in [4.78, 5) is 10.5. The van der Waals surface area contributed by atoms with Crippen LogP contribution in [0.25, 0.3) is 0 Å². The zero-order valence-electron chi connectivity index (χ0n) is 10.8. The summed E-state index contributed by atoms with van der Waals surface area (Å²) in [5, 5.41) is 12.2. The first-order valence-electron chi connectivity index (χ1n) is 6.45. The van der Waals surface area contributed by atoms with Gasteiger partial charge in [-0.15, -0.1) is 0 Å². The topological polar surface area (TPSA) is 64.8 Å². The number of rotatable bonds is 4. The average molecular weight is 245 g/mol. The van der Waals surface area contributed by atoms with E-state index in [0.29, 0.717) is 5.69 Å². The maximum absolute atomic E-state index is 9.03. The van der Waals surface area contributed by atoms with Gasteiger partial charge in [-0.25, -0.2) is 9.97 Å². The highest BCUT2D eigenvalue weighted by molar-refractivity contribution is 5.49. The third kappa shape index (κ3) is 2.96. The van der Waals surface area contributed by atoms with E-state index < -0.39 is 0 Å². The Morgan fingerprint density at radius 3 is 2.78 bits per heavy atom. The Morgan fingerprint density at radius 1 is 1.39 bits per heavy atom. The van der Waals surface area contributed by atoms with Crippen LogP contribution < -0.4 is 10.2 Å². The molecule has 0 atom stereocenters. The van der Waals surface area contributed by atoms with Crippen LogP contribution in [-0.2, 0) is 0 Å². The third-order valence-electron chi connectivity index (χ3n) is 3.50. The third-order valence-corrected chi connectivity index (χ3v) is 3.50. The van der Waals surface area contributed by atoms with Crippen molar-refractivity contribution < 1.29 is 0 Å². The van der Waals surface area contributed by atoms with E-state index in [1.165, 1.54) is 19.3 Å². The first kappa shape index (κ1) is 12.8. The summed E-state index contributed by atoms with van der Waals surface area (Å²) in [6.45, 7) is 3.03. The molecule has 18 heavy (non-hydrogen) atoms. The number of piperidine rings is 1. The molecule has 0 aromatic carbocycles. The molecule has 0 unspecified atom stereocenters. The Labute approximate surface area is 108 Å². The van der Waals surface area contributed by atoms with Crippen molar-refractivity contribution in [2.45, 2.75) is 19.3 Å². The summed E-state index contributed by atoms with van der Waals surface area (Å²) in [7, 11) is 1.99. The van der Waals surface area contributed by atoms with Crippen LogP contribution in [-0.4, -0.2) is 36.6 Å². The van der Waals surface area contributed by atoms with Crippen molar-refractivity contribution in [2.24, 2.45) is 5.92 Å². The fourth-order valence-corrected chi connectivity index (χ4v) is 2.42. The van der Waals surface area contributed by atoms with E-state index in [0.717, 1.165) is 31.4 Å². The van der Waals surface area contributed by atoms with Crippen LogP contribution in [0, 0.1) is 17.2 Å². The van der Waals surface area contributed by atoms with Crippen LogP contribution in [0.15, 0.2) is 12.4 Å². The fraction of sp³-hybridized carbons (Fsp3) is 0.615. The van der Waals surface area contributed by atoms with Gasteiger partial charge in [0.1, 0.15) is 6.07 Å². The fourth-order valence-electron chi connectivity index (χ4n) is 2.42. The van der Waals surface area contributed by atoms with E-state index in [2.05, 4.69) is 26.3 Å². The van der Waals surface area contributed by atoms with E-state index in [4.69, 9.17) is 5.26 Å². The van der Waals surface area contributed by atoms with Gasteiger partial charge in [0.25, 0.3) is 0 Å². The zero-order chi connectivity index (χ0) is 12.8. The minimum absolute atomic E-state index is 0.436. The Bertz CT molecular complexity index is 418. The SMILES string of the molecule is CNCCC1CCN(c2nccnc2C#N)CC1. The van der Waals surface area contributed by atoms with E-state index in [1.54, 1.807) is 12.4 Å². The summed E-state index contributed by atoms with van der Waals surface area (Å²) < 4.78 is 0. The monoisotopic (exact) mass is 245 g/mol.